The molecular weight excluding hydrogens is 428 g/mol. The maximum Gasteiger partial charge on any atom is 0.253 e. The van der Waals surface area contributed by atoms with Crippen molar-refractivity contribution >= 4 is 28.2 Å². The van der Waals surface area contributed by atoms with Crippen molar-refractivity contribution in [2.75, 3.05) is 11.9 Å². The SMILES string of the molecule is Cc1nnnn1-c1cccc(N[C@@H](C)c2cc3ccc(OCC4CC4)c(Cl)c3[nH]c2=O)c1. The van der Waals surface area contributed by atoms with Crippen LogP contribution in [0.1, 0.15) is 37.2 Å². The van der Waals surface area contributed by atoms with E-state index in [4.69, 9.17) is 16.3 Å². The number of nitrogens with zero attached hydrogens (tertiary/aromatic N) is 4. The lowest BCUT2D eigenvalue weighted by atomic mass is 10.1. The molecule has 4 aromatic rings. The maximum atomic E-state index is 12.9. The van der Waals surface area contributed by atoms with Gasteiger partial charge in [-0.3, -0.25) is 4.79 Å². The van der Waals surface area contributed by atoms with Gasteiger partial charge in [-0.25, -0.2) is 0 Å². The number of aromatic amines is 1. The van der Waals surface area contributed by atoms with Gasteiger partial charge in [0.2, 0.25) is 0 Å². The van der Waals surface area contributed by atoms with Gasteiger partial charge in [0.05, 0.1) is 23.9 Å². The van der Waals surface area contributed by atoms with E-state index < -0.39 is 0 Å². The Kier molecular flexibility index (Phi) is 5.30. The van der Waals surface area contributed by atoms with E-state index in [0.717, 1.165) is 16.8 Å². The van der Waals surface area contributed by atoms with E-state index in [1.807, 2.05) is 56.3 Å². The molecule has 32 heavy (non-hydrogen) atoms. The van der Waals surface area contributed by atoms with Crippen LogP contribution < -0.4 is 15.6 Å². The number of tetrazole rings is 1. The van der Waals surface area contributed by atoms with Crippen LogP contribution in [0.3, 0.4) is 0 Å². The van der Waals surface area contributed by atoms with Crippen molar-refractivity contribution in [3.8, 4) is 11.4 Å². The zero-order valence-electron chi connectivity index (χ0n) is 17.8. The first-order valence-corrected chi connectivity index (χ1v) is 11.0. The Morgan fingerprint density at radius 1 is 1.28 bits per heavy atom. The molecule has 1 aliphatic carbocycles. The molecule has 2 aromatic heterocycles. The van der Waals surface area contributed by atoms with Gasteiger partial charge in [0.25, 0.3) is 5.56 Å². The fraction of sp³-hybridized carbons (Fsp3) is 0.304. The molecule has 0 bridgehead atoms. The molecule has 2 N–H and O–H groups in total. The summed E-state index contributed by atoms with van der Waals surface area (Å²) in [6, 6.07) is 13.1. The minimum atomic E-state index is -0.238. The second-order valence-electron chi connectivity index (χ2n) is 8.20. The summed E-state index contributed by atoms with van der Waals surface area (Å²) in [6.07, 6.45) is 2.41. The molecule has 5 rings (SSSR count). The molecule has 0 amide bonds. The summed E-state index contributed by atoms with van der Waals surface area (Å²) in [5, 5.41) is 16.3. The highest BCUT2D eigenvalue weighted by Gasteiger charge is 2.23. The molecule has 164 valence electrons. The van der Waals surface area contributed by atoms with Crippen molar-refractivity contribution in [3.63, 3.8) is 0 Å². The normalized spacial score (nSPS) is 14.5. The maximum absolute atomic E-state index is 12.9. The number of pyridine rings is 1. The monoisotopic (exact) mass is 450 g/mol. The number of H-pyrrole nitrogens is 1. The number of rotatable bonds is 7. The molecule has 1 atom stereocenters. The summed E-state index contributed by atoms with van der Waals surface area (Å²) in [5.74, 6) is 1.92. The molecular formula is C23H23ClN6O2. The summed E-state index contributed by atoms with van der Waals surface area (Å²) in [5.41, 5.74) is 2.71. The third-order valence-corrected chi connectivity index (χ3v) is 6.06. The first kappa shape index (κ1) is 20.5. The van der Waals surface area contributed by atoms with Gasteiger partial charge in [-0.05, 0) is 79.4 Å². The summed E-state index contributed by atoms with van der Waals surface area (Å²) >= 11 is 6.53. The highest BCUT2D eigenvalue weighted by molar-refractivity contribution is 6.36. The van der Waals surface area contributed by atoms with Crippen LogP contribution in [0.5, 0.6) is 5.75 Å². The fourth-order valence-corrected chi connectivity index (χ4v) is 3.96. The highest BCUT2D eigenvalue weighted by Crippen LogP contribution is 2.35. The summed E-state index contributed by atoms with van der Waals surface area (Å²) in [6.45, 7) is 4.45. The molecule has 2 aromatic carbocycles. The first-order chi connectivity index (χ1) is 15.5. The quantitative estimate of drug-likeness (QED) is 0.432. The van der Waals surface area contributed by atoms with Gasteiger partial charge in [0.1, 0.15) is 10.8 Å². The van der Waals surface area contributed by atoms with E-state index >= 15 is 0 Å². The number of hydrogen-bond acceptors (Lipinski definition) is 6. The molecule has 8 nitrogen and oxygen atoms in total. The Morgan fingerprint density at radius 3 is 2.88 bits per heavy atom. The van der Waals surface area contributed by atoms with E-state index in [2.05, 4.69) is 25.8 Å². The number of anilines is 1. The van der Waals surface area contributed by atoms with E-state index in [9.17, 15) is 4.79 Å². The van der Waals surface area contributed by atoms with Crippen LogP contribution in [0.4, 0.5) is 5.69 Å². The van der Waals surface area contributed by atoms with E-state index in [1.54, 1.807) is 4.68 Å². The average molecular weight is 451 g/mol. The number of aromatic nitrogens is 5. The van der Waals surface area contributed by atoms with E-state index in [0.29, 0.717) is 40.2 Å². The molecule has 0 unspecified atom stereocenters. The largest absolute Gasteiger partial charge is 0.492 e. The van der Waals surface area contributed by atoms with Crippen LogP contribution in [0.2, 0.25) is 5.02 Å². The topological polar surface area (TPSA) is 97.7 Å². The second kappa shape index (κ2) is 8.27. The lowest BCUT2D eigenvalue weighted by Crippen LogP contribution is -2.19. The second-order valence-corrected chi connectivity index (χ2v) is 8.58. The van der Waals surface area contributed by atoms with Gasteiger partial charge >= 0.3 is 0 Å². The van der Waals surface area contributed by atoms with Crippen LogP contribution >= 0.6 is 11.6 Å². The predicted molar refractivity (Wildman–Crippen MR) is 124 cm³/mol. The van der Waals surface area contributed by atoms with E-state index in [1.165, 1.54) is 12.8 Å². The summed E-state index contributed by atoms with van der Waals surface area (Å²) in [4.78, 5) is 15.8. The molecule has 2 heterocycles. The highest BCUT2D eigenvalue weighted by atomic mass is 35.5. The summed E-state index contributed by atoms with van der Waals surface area (Å²) < 4.78 is 7.49. The van der Waals surface area contributed by atoms with Gasteiger partial charge < -0.3 is 15.0 Å². The molecule has 0 aliphatic heterocycles. The zero-order valence-corrected chi connectivity index (χ0v) is 18.6. The molecule has 9 heteroatoms. The number of benzene rings is 2. The van der Waals surface area contributed by atoms with E-state index in [-0.39, 0.29) is 11.6 Å². The van der Waals surface area contributed by atoms with Gasteiger partial charge in [0.15, 0.2) is 5.82 Å². The molecule has 1 fully saturated rings. The third kappa shape index (κ3) is 4.05. The molecule has 1 saturated carbocycles. The molecule has 1 aliphatic rings. The standard InChI is InChI=1S/C23H23ClN6O2/c1-13(25-17-4-3-5-18(11-17)30-14(2)27-28-29-30)19-10-16-8-9-20(32-12-15-6-7-15)21(24)22(16)26-23(19)31/h3-5,8-11,13,15,25H,6-7,12H2,1-2H3,(H,26,31)/t13-/m0/s1. The Morgan fingerprint density at radius 2 is 2.12 bits per heavy atom. The van der Waals surface area contributed by atoms with Crippen LogP contribution in [0.15, 0.2) is 47.3 Å². The predicted octanol–water partition coefficient (Wildman–Crippen LogP) is 4.43. The molecule has 0 spiro atoms. The Hall–Kier alpha value is -3.39. The number of aryl methyl sites for hydroxylation is 1. The zero-order chi connectivity index (χ0) is 22.2. The minimum absolute atomic E-state index is 0.189. The van der Waals surface area contributed by atoms with Crippen molar-refractivity contribution in [1.82, 2.24) is 25.2 Å². The Balaban J connectivity index is 1.40. The van der Waals surface area contributed by atoms with Crippen molar-refractivity contribution in [2.24, 2.45) is 5.92 Å². The van der Waals surface area contributed by atoms with Gasteiger partial charge in [-0.1, -0.05) is 17.7 Å². The number of halogens is 1. The average Bonchev–Trinajstić information content (AvgIpc) is 3.51. The Bertz CT molecular complexity index is 1340. The number of hydrogen-bond donors (Lipinski definition) is 2. The van der Waals surface area contributed by atoms with Crippen LogP contribution in [0, 0.1) is 12.8 Å². The third-order valence-electron chi connectivity index (χ3n) is 5.69. The number of fused-ring (bicyclic) bond motifs is 1. The Labute approximate surface area is 189 Å². The van der Waals surface area contributed by atoms with Gasteiger partial charge in [0, 0.05) is 16.6 Å². The first-order valence-electron chi connectivity index (χ1n) is 10.6. The number of ether oxygens (including phenoxy) is 1. The van der Waals surface area contributed by atoms with Gasteiger partial charge in [-0.2, -0.15) is 4.68 Å². The van der Waals surface area contributed by atoms with Crippen LogP contribution in [-0.4, -0.2) is 31.8 Å². The van der Waals surface area contributed by atoms with Crippen molar-refractivity contribution in [3.05, 3.63) is 69.2 Å². The fourth-order valence-electron chi connectivity index (χ4n) is 3.69. The minimum Gasteiger partial charge on any atom is -0.492 e. The lowest BCUT2D eigenvalue weighted by molar-refractivity contribution is 0.300. The molecule has 0 saturated heterocycles. The van der Waals surface area contributed by atoms with Crippen molar-refractivity contribution in [2.45, 2.75) is 32.7 Å². The summed E-state index contributed by atoms with van der Waals surface area (Å²) in [7, 11) is 0. The smallest absolute Gasteiger partial charge is 0.253 e. The van der Waals surface area contributed by atoms with Gasteiger partial charge in [-0.15, -0.1) is 5.10 Å². The lowest BCUT2D eigenvalue weighted by Gasteiger charge is -2.17. The van der Waals surface area contributed by atoms with Crippen LogP contribution in [-0.2, 0) is 0 Å². The number of nitrogens with one attached hydrogen (secondary N) is 2. The van der Waals surface area contributed by atoms with Crippen molar-refractivity contribution in [1.29, 1.82) is 0 Å². The van der Waals surface area contributed by atoms with Crippen molar-refractivity contribution < 1.29 is 4.74 Å². The van der Waals surface area contributed by atoms with Crippen LogP contribution in [0.25, 0.3) is 16.6 Å². The molecule has 0 radical (unpaired) electrons.